The van der Waals surface area contributed by atoms with E-state index < -0.39 is 0 Å². The molecule has 4 aromatic heterocycles. The molecule has 1 atom stereocenters. The van der Waals surface area contributed by atoms with Crippen LogP contribution in [0.15, 0.2) is 71.6 Å². The summed E-state index contributed by atoms with van der Waals surface area (Å²) in [6.07, 6.45) is 2.90. The van der Waals surface area contributed by atoms with Crippen LogP contribution in [0.3, 0.4) is 0 Å². The van der Waals surface area contributed by atoms with Crippen LogP contribution in [0.4, 0.5) is 17.3 Å². The zero-order chi connectivity index (χ0) is 22.0. The summed E-state index contributed by atoms with van der Waals surface area (Å²) in [7, 11) is 0. The van der Waals surface area contributed by atoms with Crippen molar-refractivity contribution in [3.63, 3.8) is 0 Å². The number of nitrogens with zero attached hydrogens (tertiary/aromatic N) is 3. The number of anilines is 3. The number of benzene rings is 1. The van der Waals surface area contributed by atoms with Crippen LogP contribution >= 0.6 is 22.7 Å². The minimum Gasteiger partial charge on any atom is -0.365 e. The Morgan fingerprint density at radius 3 is 2.70 bits per heavy atom. The number of nitrogens with one attached hydrogen (secondary N) is 3. The lowest BCUT2D eigenvalue weighted by atomic mass is 10.1. The number of rotatable bonds is 6. The Hall–Kier alpha value is -3.33. The maximum atomic E-state index is 4.90. The summed E-state index contributed by atoms with van der Waals surface area (Å²) >= 11 is 3.42. The van der Waals surface area contributed by atoms with Gasteiger partial charge in [-0.25, -0.2) is 15.0 Å². The molecule has 1 saturated heterocycles. The monoisotopic (exact) mass is 470 g/mol. The fourth-order valence-corrected chi connectivity index (χ4v) is 5.52. The largest absolute Gasteiger partial charge is 0.365 e. The fourth-order valence-electron chi connectivity index (χ4n) is 4.01. The standard InChI is InChI=1S/C25H22N6S2/c1-2-21(32-12-1)16-3-5-18(6-4-16)28-22-14-17(7-11-27-22)24-30-20-9-13-33-23(20)25(31-24)29-19-8-10-26-15-19/h1-7,9,11-14,19,26H,8,10,15H2,(H,27,28)(H,29,30,31). The van der Waals surface area contributed by atoms with E-state index in [0.29, 0.717) is 11.9 Å². The summed E-state index contributed by atoms with van der Waals surface area (Å²) in [5, 5.41) is 14.6. The van der Waals surface area contributed by atoms with Crippen molar-refractivity contribution in [2.75, 3.05) is 23.7 Å². The van der Waals surface area contributed by atoms with Crippen molar-refractivity contribution in [2.24, 2.45) is 0 Å². The van der Waals surface area contributed by atoms with Crippen molar-refractivity contribution in [2.45, 2.75) is 12.5 Å². The van der Waals surface area contributed by atoms with Gasteiger partial charge in [-0.2, -0.15) is 0 Å². The highest BCUT2D eigenvalue weighted by Gasteiger charge is 2.18. The number of fused-ring (bicyclic) bond motifs is 1. The highest BCUT2D eigenvalue weighted by Crippen LogP contribution is 2.31. The predicted molar refractivity (Wildman–Crippen MR) is 139 cm³/mol. The van der Waals surface area contributed by atoms with Gasteiger partial charge in [-0.1, -0.05) is 18.2 Å². The SMILES string of the molecule is c1csc(-c2ccc(Nc3cc(-c4nc(NC5CCNC5)c5sccc5n4)ccn3)cc2)c1. The van der Waals surface area contributed by atoms with E-state index in [2.05, 4.69) is 74.2 Å². The first-order chi connectivity index (χ1) is 16.3. The third kappa shape index (κ3) is 4.32. The summed E-state index contributed by atoms with van der Waals surface area (Å²) in [4.78, 5) is 15.5. The normalized spacial score (nSPS) is 15.7. The second-order valence-corrected chi connectivity index (χ2v) is 9.84. The zero-order valence-electron chi connectivity index (χ0n) is 17.8. The van der Waals surface area contributed by atoms with Gasteiger partial charge in [-0.05, 0) is 65.7 Å². The van der Waals surface area contributed by atoms with Crippen LogP contribution in [0.25, 0.3) is 32.0 Å². The molecule has 1 aliphatic rings. The van der Waals surface area contributed by atoms with Crippen LogP contribution in [0, 0.1) is 0 Å². The van der Waals surface area contributed by atoms with E-state index in [4.69, 9.17) is 9.97 Å². The quantitative estimate of drug-likeness (QED) is 0.283. The number of hydrogen-bond donors (Lipinski definition) is 3. The van der Waals surface area contributed by atoms with Crippen LogP contribution in [0.2, 0.25) is 0 Å². The molecular weight excluding hydrogens is 448 g/mol. The lowest BCUT2D eigenvalue weighted by molar-refractivity contribution is 0.789. The Morgan fingerprint density at radius 1 is 0.939 bits per heavy atom. The van der Waals surface area contributed by atoms with Gasteiger partial charge >= 0.3 is 0 Å². The number of thiophene rings is 2. The second kappa shape index (κ2) is 8.90. The van der Waals surface area contributed by atoms with E-state index >= 15 is 0 Å². The Kier molecular flexibility index (Phi) is 5.47. The van der Waals surface area contributed by atoms with Gasteiger partial charge in [0.15, 0.2) is 5.82 Å². The maximum Gasteiger partial charge on any atom is 0.162 e. The van der Waals surface area contributed by atoms with Crippen LogP contribution in [0.1, 0.15) is 6.42 Å². The third-order valence-electron chi connectivity index (χ3n) is 5.69. The summed E-state index contributed by atoms with van der Waals surface area (Å²) < 4.78 is 1.10. The van der Waals surface area contributed by atoms with Crippen molar-refractivity contribution >= 4 is 50.2 Å². The molecule has 164 valence electrons. The molecule has 1 aliphatic heterocycles. The number of aromatic nitrogens is 3. The van der Waals surface area contributed by atoms with Crippen molar-refractivity contribution in [1.29, 1.82) is 0 Å². The number of hydrogen-bond acceptors (Lipinski definition) is 8. The van der Waals surface area contributed by atoms with Crippen LogP contribution in [-0.2, 0) is 0 Å². The van der Waals surface area contributed by atoms with Crippen molar-refractivity contribution in [1.82, 2.24) is 20.3 Å². The Bertz CT molecular complexity index is 1370. The summed E-state index contributed by atoms with van der Waals surface area (Å²) in [6, 6.07) is 19.0. The van der Waals surface area contributed by atoms with Gasteiger partial charge < -0.3 is 16.0 Å². The molecule has 6 rings (SSSR count). The minimum atomic E-state index is 0.393. The fraction of sp³-hybridized carbons (Fsp3) is 0.160. The average molecular weight is 471 g/mol. The first-order valence-electron chi connectivity index (χ1n) is 10.9. The van der Waals surface area contributed by atoms with Crippen LogP contribution in [0.5, 0.6) is 0 Å². The molecule has 5 heterocycles. The molecule has 1 unspecified atom stereocenters. The molecule has 0 amide bonds. The van der Waals surface area contributed by atoms with Crippen molar-refractivity contribution in [3.8, 4) is 21.8 Å². The van der Waals surface area contributed by atoms with E-state index in [-0.39, 0.29) is 0 Å². The first kappa shape index (κ1) is 20.3. The minimum absolute atomic E-state index is 0.393. The van der Waals surface area contributed by atoms with Crippen molar-refractivity contribution < 1.29 is 0 Å². The van der Waals surface area contributed by atoms with Gasteiger partial charge in [0.25, 0.3) is 0 Å². The molecule has 33 heavy (non-hydrogen) atoms. The van der Waals surface area contributed by atoms with Crippen LogP contribution in [-0.4, -0.2) is 34.1 Å². The molecule has 0 aliphatic carbocycles. The van der Waals surface area contributed by atoms with Gasteiger partial charge in [0.1, 0.15) is 11.6 Å². The smallest absolute Gasteiger partial charge is 0.162 e. The topological polar surface area (TPSA) is 74.8 Å². The molecule has 0 radical (unpaired) electrons. The lowest BCUT2D eigenvalue weighted by Crippen LogP contribution is -2.22. The average Bonchev–Trinajstić information content (AvgIpc) is 3.62. The van der Waals surface area contributed by atoms with Crippen LogP contribution < -0.4 is 16.0 Å². The maximum absolute atomic E-state index is 4.90. The Labute approximate surface area is 199 Å². The molecule has 0 spiro atoms. The summed E-state index contributed by atoms with van der Waals surface area (Å²) in [5.41, 5.74) is 4.11. The Morgan fingerprint density at radius 2 is 1.88 bits per heavy atom. The first-order valence-corrected chi connectivity index (χ1v) is 12.7. The van der Waals surface area contributed by atoms with E-state index in [1.54, 1.807) is 28.9 Å². The van der Waals surface area contributed by atoms with Gasteiger partial charge in [0.2, 0.25) is 0 Å². The molecule has 6 nitrogen and oxygen atoms in total. The molecular formula is C25H22N6S2. The van der Waals surface area contributed by atoms with E-state index in [1.807, 2.05) is 12.1 Å². The zero-order valence-corrected chi connectivity index (χ0v) is 19.4. The predicted octanol–water partition coefficient (Wildman–Crippen LogP) is 6.00. The molecule has 1 aromatic carbocycles. The van der Waals surface area contributed by atoms with Gasteiger partial charge in [0.05, 0.1) is 10.2 Å². The van der Waals surface area contributed by atoms with E-state index in [1.165, 1.54) is 10.4 Å². The van der Waals surface area contributed by atoms with Crippen molar-refractivity contribution in [3.05, 3.63) is 71.6 Å². The number of pyridine rings is 1. The van der Waals surface area contributed by atoms with E-state index in [9.17, 15) is 0 Å². The summed E-state index contributed by atoms with van der Waals surface area (Å²) in [5.74, 6) is 2.38. The van der Waals surface area contributed by atoms with Gasteiger partial charge in [-0.15, -0.1) is 22.7 Å². The molecule has 0 saturated carbocycles. The van der Waals surface area contributed by atoms with E-state index in [0.717, 1.165) is 52.6 Å². The summed E-state index contributed by atoms with van der Waals surface area (Å²) in [6.45, 7) is 2.00. The van der Waals surface area contributed by atoms with Gasteiger partial charge in [-0.3, -0.25) is 0 Å². The Balaban J connectivity index is 1.27. The highest BCUT2D eigenvalue weighted by atomic mass is 32.1. The lowest BCUT2D eigenvalue weighted by Gasteiger charge is -2.14. The molecule has 1 fully saturated rings. The highest BCUT2D eigenvalue weighted by molar-refractivity contribution is 7.17. The third-order valence-corrected chi connectivity index (χ3v) is 7.52. The molecule has 5 aromatic rings. The second-order valence-electron chi connectivity index (χ2n) is 7.97. The molecule has 8 heteroatoms. The molecule has 3 N–H and O–H groups in total. The van der Waals surface area contributed by atoms with Gasteiger partial charge in [0, 0.05) is 34.9 Å². The molecule has 0 bridgehead atoms.